The minimum atomic E-state index is 0.731. The molecule has 0 bridgehead atoms. The topological polar surface area (TPSA) is 29.9 Å². The molecule has 1 aromatic heterocycles. The minimum Gasteiger partial charge on any atom is -0.383 e. The van der Waals surface area contributed by atoms with Crippen molar-refractivity contribution in [2.45, 2.75) is 20.4 Å². The number of aryl methyl sites for hydroxylation is 1. The molecule has 0 aliphatic rings. The SMILES string of the molecule is Cc1nn(CCNc2cccc(Cl)c2)c(C)c1Cl. The third-order valence-electron chi connectivity index (χ3n) is 2.77. The van der Waals surface area contributed by atoms with Gasteiger partial charge in [-0.3, -0.25) is 4.68 Å². The van der Waals surface area contributed by atoms with Crippen molar-refractivity contribution in [1.29, 1.82) is 0 Å². The van der Waals surface area contributed by atoms with E-state index in [1.807, 2.05) is 42.8 Å². The molecule has 2 aromatic rings. The van der Waals surface area contributed by atoms with Gasteiger partial charge in [0.15, 0.2) is 0 Å². The number of rotatable bonds is 4. The fourth-order valence-electron chi connectivity index (χ4n) is 1.80. The molecule has 0 aliphatic carbocycles. The van der Waals surface area contributed by atoms with E-state index in [2.05, 4.69) is 10.4 Å². The first kappa shape index (κ1) is 13.2. The number of hydrogen-bond acceptors (Lipinski definition) is 2. The molecule has 0 fully saturated rings. The van der Waals surface area contributed by atoms with Crippen LogP contribution in [0.25, 0.3) is 0 Å². The van der Waals surface area contributed by atoms with Crippen LogP contribution in [0, 0.1) is 13.8 Å². The summed E-state index contributed by atoms with van der Waals surface area (Å²) in [4.78, 5) is 0. The fraction of sp³-hybridized carbons (Fsp3) is 0.308. The first-order valence-corrected chi connectivity index (χ1v) is 6.52. The second kappa shape index (κ2) is 5.63. The number of nitrogens with one attached hydrogen (secondary N) is 1. The number of anilines is 1. The molecule has 0 aliphatic heterocycles. The Balaban J connectivity index is 1.94. The van der Waals surface area contributed by atoms with E-state index in [4.69, 9.17) is 23.2 Å². The van der Waals surface area contributed by atoms with E-state index in [9.17, 15) is 0 Å². The maximum Gasteiger partial charge on any atom is 0.0844 e. The second-order valence-electron chi connectivity index (χ2n) is 4.15. The van der Waals surface area contributed by atoms with Crippen molar-refractivity contribution in [3.63, 3.8) is 0 Å². The molecule has 18 heavy (non-hydrogen) atoms. The lowest BCUT2D eigenvalue weighted by Crippen LogP contribution is -2.12. The number of halogens is 2. The predicted octanol–water partition coefficient (Wildman–Crippen LogP) is 3.92. The lowest BCUT2D eigenvalue weighted by molar-refractivity contribution is 0.615. The molecular weight excluding hydrogens is 269 g/mol. The van der Waals surface area contributed by atoms with E-state index in [1.165, 1.54) is 0 Å². The van der Waals surface area contributed by atoms with E-state index >= 15 is 0 Å². The number of benzene rings is 1. The molecular formula is C13H15Cl2N3. The summed E-state index contributed by atoms with van der Waals surface area (Å²) in [6.45, 7) is 5.43. The molecule has 0 saturated heterocycles. The molecule has 1 aromatic carbocycles. The van der Waals surface area contributed by atoms with Gasteiger partial charge in [-0.25, -0.2) is 0 Å². The summed E-state index contributed by atoms with van der Waals surface area (Å²) < 4.78 is 1.91. The molecule has 0 unspecified atom stereocenters. The first-order valence-electron chi connectivity index (χ1n) is 5.77. The quantitative estimate of drug-likeness (QED) is 0.922. The Bertz CT molecular complexity index is 549. The van der Waals surface area contributed by atoms with Gasteiger partial charge in [0, 0.05) is 17.3 Å². The standard InChI is InChI=1S/C13H15Cl2N3/c1-9-13(15)10(2)18(17-9)7-6-16-12-5-3-4-11(14)8-12/h3-5,8,16H,6-7H2,1-2H3. The zero-order chi connectivity index (χ0) is 13.1. The fourth-order valence-corrected chi connectivity index (χ4v) is 2.12. The van der Waals surface area contributed by atoms with Gasteiger partial charge in [0.2, 0.25) is 0 Å². The van der Waals surface area contributed by atoms with Gasteiger partial charge in [0.1, 0.15) is 0 Å². The monoisotopic (exact) mass is 283 g/mol. The van der Waals surface area contributed by atoms with Gasteiger partial charge in [-0.05, 0) is 32.0 Å². The van der Waals surface area contributed by atoms with Gasteiger partial charge in [-0.2, -0.15) is 5.10 Å². The van der Waals surface area contributed by atoms with Crippen LogP contribution in [0.3, 0.4) is 0 Å². The third-order valence-corrected chi connectivity index (χ3v) is 3.55. The Kier molecular flexibility index (Phi) is 4.15. The van der Waals surface area contributed by atoms with Crippen LogP contribution in [0.2, 0.25) is 10.0 Å². The van der Waals surface area contributed by atoms with E-state index in [0.717, 1.165) is 40.2 Å². The summed E-state index contributed by atoms with van der Waals surface area (Å²) in [6, 6.07) is 7.66. The summed E-state index contributed by atoms with van der Waals surface area (Å²) in [5, 5.41) is 9.16. The van der Waals surface area contributed by atoms with Crippen molar-refractivity contribution in [3.05, 3.63) is 45.7 Å². The lowest BCUT2D eigenvalue weighted by Gasteiger charge is -2.08. The van der Waals surface area contributed by atoms with Crippen LogP contribution in [0.1, 0.15) is 11.4 Å². The number of nitrogens with zero attached hydrogens (tertiary/aromatic N) is 2. The number of aromatic nitrogens is 2. The van der Waals surface area contributed by atoms with Gasteiger partial charge in [-0.1, -0.05) is 29.3 Å². The van der Waals surface area contributed by atoms with Crippen LogP contribution in [0.4, 0.5) is 5.69 Å². The molecule has 0 amide bonds. The van der Waals surface area contributed by atoms with Crippen LogP contribution in [0.5, 0.6) is 0 Å². The zero-order valence-electron chi connectivity index (χ0n) is 10.4. The minimum absolute atomic E-state index is 0.731. The normalized spacial score (nSPS) is 10.7. The largest absolute Gasteiger partial charge is 0.383 e. The Labute approximate surface area is 117 Å². The molecule has 1 heterocycles. The summed E-state index contributed by atoms with van der Waals surface area (Å²) >= 11 is 12.0. The second-order valence-corrected chi connectivity index (χ2v) is 4.96. The maximum atomic E-state index is 6.09. The highest BCUT2D eigenvalue weighted by Crippen LogP contribution is 2.19. The molecule has 0 spiro atoms. The summed E-state index contributed by atoms with van der Waals surface area (Å²) in [7, 11) is 0. The van der Waals surface area contributed by atoms with Gasteiger partial charge in [-0.15, -0.1) is 0 Å². The highest BCUT2D eigenvalue weighted by atomic mass is 35.5. The van der Waals surface area contributed by atoms with Crippen LogP contribution in [-0.2, 0) is 6.54 Å². The van der Waals surface area contributed by atoms with Gasteiger partial charge >= 0.3 is 0 Å². The Hall–Kier alpha value is -1.19. The number of hydrogen-bond donors (Lipinski definition) is 1. The molecule has 1 N–H and O–H groups in total. The Morgan fingerprint density at radius 3 is 2.67 bits per heavy atom. The molecule has 0 radical (unpaired) electrons. The predicted molar refractivity (Wildman–Crippen MR) is 76.7 cm³/mol. The van der Waals surface area contributed by atoms with Crippen molar-refractivity contribution in [3.8, 4) is 0 Å². The summed E-state index contributed by atoms with van der Waals surface area (Å²) in [6.07, 6.45) is 0. The molecule has 3 nitrogen and oxygen atoms in total. The summed E-state index contributed by atoms with van der Waals surface area (Å²) in [5.41, 5.74) is 2.88. The van der Waals surface area contributed by atoms with Crippen LogP contribution in [-0.4, -0.2) is 16.3 Å². The van der Waals surface area contributed by atoms with Crippen molar-refractivity contribution in [2.24, 2.45) is 0 Å². The maximum absolute atomic E-state index is 6.09. The molecule has 96 valence electrons. The molecule has 5 heteroatoms. The van der Waals surface area contributed by atoms with Gasteiger partial charge in [0.25, 0.3) is 0 Å². The highest BCUT2D eigenvalue weighted by Gasteiger charge is 2.08. The molecule has 0 saturated carbocycles. The van der Waals surface area contributed by atoms with E-state index in [0.29, 0.717) is 0 Å². The van der Waals surface area contributed by atoms with Crippen LogP contribution >= 0.6 is 23.2 Å². The van der Waals surface area contributed by atoms with Crippen molar-refractivity contribution < 1.29 is 0 Å². The van der Waals surface area contributed by atoms with Crippen molar-refractivity contribution in [1.82, 2.24) is 9.78 Å². The van der Waals surface area contributed by atoms with Crippen LogP contribution < -0.4 is 5.32 Å². The van der Waals surface area contributed by atoms with Gasteiger partial charge < -0.3 is 5.32 Å². The van der Waals surface area contributed by atoms with E-state index in [-0.39, 0.29) is 0 Å². The average Bonchev–Trinajstić information content (AvgIpc) is 2.57. The molecule has 2 rings (SSSR count). The Morgan fingerprint density at radius 1 is 1.28 bits per heavy atom. The highest BCUT2D eigenvalue weighted by molar-refractivity contribution is 6.31. The zero-order valence-corrected chi connectivity index (χ0v) is 11.9. The van der Waals surface area contributed by atoms with E-state index < -0.39 is 0 Å². The average molecular weight is 284 g/mol. The van der Waals surface area contributed by atoms with Crippen LogP contribution in [0.15, 0.2) is 24.3 Å². The van der Waals surface area contributed by atoms with Gasteiger partial charge in [0.05, 0.1) is 23.0 Å². The summed E-state index contributed by atoms with van der Waals surface area (Å²) in [5.74, 6) is 0. The van der Waals surface area contributed by atoms with Crippen molar-refractivity contribution in [2.75, 3.05) is 11.9 Å². The first-order chi connectivity index (χ1) is 8.58. The van der Waals surface area contributed by atoms with Crippen molar-refractivity contribution >= 4 is 28.9 Å². The smallest absolute Gasteiger partial charge is 0.0844 e. The Morgan fingerprint density at radius 2 is 2.06 bits per heavy atom. The molecule has 0 atom stereocenters. The van der Waals surface area contributed by atoms with E-state index in [1.54, 1.807) is 0 Å². The lowest BCUT2D eigenvalue weighted by atomic mass is 10.3. The third kappa shape index (κ3) is 2.98.